The summed E-state index contributed by atoms with van der Waals surface area (Å²) >= 11 is 0. The molecule has 6 nitrogen and oxygen atoms in total. The monoisotopic (exact) mass is 695 g/mol. The first-order valence-electron chi connectivity index (χ1n) is 21.5. The van der Waals surface area contributed by atoms with Gasteiger partial charge in [0.05, 0.1) is 0 Å². The quantitative estimate of drug-likeness (QED) is 0.0362. The van der Waals surface area contributed by atoms with Gasteiger partial charge in [-0.15, -0.1) is 0 Å². The SMILES string of the molecule is CCCCCCCCCCCCCCCCCC(=O)OCC(COC(=O)CCCCCCCCC)OC(=O)CCCCCCCCCCC. The van der Waals surface area contributed by atoms with Gasteiger partial charge in [-0.25, -0.2) is 0 Å². The Kier molecular flexibility index (Phi) is 37.9. The molecular formula is C43H82O6. The summed E-state index contributed by atoms with van der Waals surface area (Å²) in [5, 5.41) is 0. The number of esters is 3. The molecule has 0 aliphatic heterocycles. The van der Waals surface area contributed by atoms with Crippen LogP contribution in [0.3, 0.4) is 0 Å². The molecule has 0 saturated heterocycles. The third-order valence-electron chi connectivity index (χ3n) is 9.61. The van der Waals surface area contributed by atoms with E-state index in [1.54, 1.807) is 0 Å². The number of rotatable bonds is 39. The average Bonchev–Trinajstić information content (AvgIpc) is 3.10. The van der Waals surface area contributed by atoms with E-state index in [2.05, 4.69) is 20.8 Å². The zero-order chi connectivity index (χ0) is 35.9. The first-order chi connectivity index (χ1) is 24.0. The molecule has 0 heterocycles. The van der Waals surface area contributed by atoms with Gasteiger partial charge in [0.15, 0.2) is 6.10 Å². The summed E-state index contributed by atoms with van der Waals surface area (Å²) in [5.74, 6) is -0.865. The van der Waals surface area contributed by atoms with Crippen LogP contribution in [0.2, 0.25) is 0 Å². The fraction of sp³-hybridized carbons (Fsp3) is 0.930. The zero-order valence-electron chi connectivity index (χ0n) is 33.0. The van der Waals surface area contributed by atoms with Crippen LogP contribution in [-0.4, -0.2) is 37.2 Å². The maximum atomic E-state index is 12.6. The maximum Gasteiger partial charge on any atom is 0.306 e. The molecule has 0 aromatic carbocycles. The van der Waals surface area contributed by atoms with E-state index in [4.69, 9.17) is 14.2 Å². The molecule has 0 amide bonds. The van der Waals surface area contributed by atoms with Gasteiger partial charge in [0.2, 0.25) is 0 Å². The summed E-state index contributed by atoms with van der Waals surface area (Å²) in [6.07, 6.45) is 38.1. The first-order valence-corrected chi connectivity index (χ1v) is 21.5. The van der Waals surface area contributed by atoms with Crippen LogP contribution in [0.1, 0.15) is 239 Å². The smallest absolute Gasteiger partial charge is 0.306 e. The van der Waals surface area contributed by atoms with Crippen molar-refractivity contribution < 1.29 is 28.6 Å². The molecule has 0 bridgehead atoms. The standard InChI is InChI=1S/C43H82O6/c1-4-7-10-13-16-18-19-20-21-22-23-25-27-30-33-36-42(45)48-39-40(38-47-41(44)35-32-29-26-15-12-9-6-3)49-43(46)37-34-31-28-24-17-14-11-8-5-2/h40H,4-39H2,1-3H3. The molecule has 0 aliphatic carbocycles. The number of carbonyl (C=O) groups excluding carboxylic acids is 3. The molecule has 0 spiro atoms. The van der Waals surface area contributed by atoms with Crippen LogP contribution in [0.15, 0.2) is 0 Å². The summed E-state index contributed by atoms with van der Waals surface area (Å²) in [7, 11) is 0. The van der Waals surface area contributed by atoms with Gasteiger partial charge in [-0.3, -0.25) is 14.4 Å². The number of hydrogen-bond acceptors (Lipinski definition) is 6. The second-order valence-electron chi connectivity index (χ2n) is 14.6. The largest absolute Gasteiger partial charge is 0.462 e. The lowest BCUT2D eigenvalue weighted by Gasteiger charge is -2.18. The van der Waals surface area contributed by atoms with Gasteiger partial charge in [0.1, 0.15) is 13.2 Å². The van der Waals surface area contributed by atoms with Crippen molar-refractivity contribution in [3.8, 4) is 0 Å². The Balaban J connectivity index is 4.23. The summed E-state index contributed by atoms with van der Waals surface area (Å²) in [4.78, 5) is 37.4. The highest BCUT2D eigenvalue weighted by molar-refractivity contribution is 5.71. The molecule has 1 unspecified atom stereocenters. The molecule has 0 N–H and O–H groups in total. The highest BCUT2D eigenvalue weighted by atomic mass is 16.6. The van der Waals surface area contributed by atoms with Crippen molar-refractivity contribution in [2.24, 2.45) is 0 Å². The van der Waals surface area contributed by atoms with Crippen molar-refractivity contribution in [3.63, 3.8) is 0 Å². The minimum Gasteiger partial charge on any atom is -0.462 e. The van der Waals surface area contributed by atoms with E-state index in [9.17, 15) is 14.4 Å². The predicted octanol–water partition coefficient (Wildman–Crippen LogP) is 13.3. The lowest BCUT2D eigenvalue weighted by atomic mass is 10.0. The minimum absolute atomic E-state index is 0.0637. The van der Waals surface area contributed by atoms with Crippen molar-refractivity contribution in [3.05, 3.63) is 0 Å². The van der Waals surface area contributed by atoms with Gasteiger partial charge < -0.3 is 14.2 Å². The van der Waals surface area contributed by atoms with Gasteiger partial charge in [-0.05, 0) is 19.3 Å². The number of ether oxygens (including phenoxy) is 3. The predicted molar refractivity (Wildman–Crippen MR) is 206 cm³/mol. The van der Waals surface area contributed by atoms with Crippen molar-refractivity contribution in [1.82, 2.24) is 0 Å². The van der Waals surface area contributed by atoms with Crippen LogP contribution in [0.25, 0.3) is 0 Å². The summed E-state index contributed by atoms with van der Waals surface area (Å²) in [5.41, 5.74) is 0. The summed E-state index contributed by atoms with van der Waals surface area (Å²) in [6.45, 7) is 6.58. The molecule has 0 saturated carbocycles. The van der Waals surface area contributed by atoms with Gasteiger partial charge >= 0.3 is 17.9 Å². The Bertz CT molecular complexity index is 723. The highest BCUT2D eigenvalue weighted by Gasteiger charge is 2.19. The van der Waals surface area contributed by atoms with Crippen molar-refractivity contribution >= 4 is 17.9 Å². The lowest BCUT2D eigenvalue weighted by Crippen LogP contribution is -2.30. The Morgan fingerprint density at radius 2 is 0.551 bits per heavy atom. The van der Waals surface area contributed by atoms with Crippen molar-refractivity contribution in [1.29, 1.82) is 0 Å². The molecule has 0 aromatic heterocycles. The topological polar surface area (TPSA) is 78.9 Å². The van der Waals surface area contributed by atoms with E-state index in [1.807, 2.05) is 0 Å². The Hall–Kier alpha value is -1.59. The van der Waals surface area contributed by atoms with E-state index in [0.717, 1.165) is 57.8 Å². The Morgan fingerprint density at radius 1 is 0.327 bits per heavy atom. The average molecular weight is 695 g/mol. The van der Waals surface area contributed by atoms with Crippen molar-refractivity contribution in [2.75, 3.05) is 13.2 Å². The number of carbonyl (C=O) groups is 3. The highest BCUT2D eigenvalue weighted by Crippen LogP contribution is 2.15. The van der Waals surface area contributed by atoms with E-state index in [0.29, 0.717) is 19.3 Å². The second kappa shape index (κ2) is 39.2. The molecule has 6 heteroatoms. The molecule has 0 rings (SSSR count). The first kappa shape index (κ1) is 47.4. The molecule has 0 fully saturated rings. The van der Waals surface area contributed by atoms with Gasteiger partial charge in [-0.1, -0.05) is 201 Å². The fourth-order valence-electron chi connectivity index (χ4n) is 6.32. The van der Waals surface area contributed by atoms with E-state index < -0.39 is 6.10 Å². The minimum atomic E-state index is -0.755. The number of unbranched alkanes of at least 4 members (excludes halogenated alkanes) is 28. The second-order valence-corrected chi connectivity index (χ2v) is 14.6. The van der Waals surface area contributed by atoms with Crippen LogP contribution in [-0.2, 0) is 28.6 Å². The molecule has 1 atom stereocenters. The number of hydrogen-bond donors (Lipinski definition) is 0. The third-order valence-corrected chi connectivity index (χ3v) is 9.61. The molecule has 0 aliphatic rings. The van der Waals surface area contributed by atoms with Crippen LogP contribution < -0.4 is 0 Å². The van der Waals surface area contributed by atoms with Crippen LogP contribution in [0.4, 0.5) is 0 Å². The molecule has 290 valence electrons. The summed E-state index contributed by atoms with van der Waals surface area (Å²) in [6, 6.07) is 0. The van der Waals surface area contributed by atoms with Crippen molar-refractivity contribution in [2.45, 2.75) is 245 Å². The Labute approximate surface area is 304 Å². The normalized spacial score (nSPS) is 11.8. The van der Waals surface area contributed by atoms with Gasteiger partial charge in [-0.2, -0.15) is 0 Å². The molecular weight excluding hydrogens is 612 g/mol. The third kappa shape index (κ3) is 37.5. The zero-order valence-corrected chi connectivity index (χ0v) is 33.0. The van der Waals surface area contributed by atoms with Gasteiger partial charge in [0.25, 0.3) is 0 Å². The Morgan fingerprint density at radius 3 is 0.816 bits per heavy atom. The molecule has 0 radical (unpaired) electrons. The molecule has 49 heavy (non-hydrogen) atoms. The van der Waals surface area contributed by atoms with E-state index in [-0.39, 0.29) is 31.1 Å². The van der Waals surface area contributed by atoms with Gasteiger partial charge in [0, 0.05) is 19.3 Å². The summed E-state index contributed by atoms with van der Waals surface area (Å²) < 4.78 is 16.6. The van der Waals surface area contributed by atoms with Crippen LogP contribution >= 0.6 is 0 Å². The fourth-order valence-corrected chi connectivity index (χ4v) is 6.32. The lowest BCUT2D eigenvalue weighted by molar-refractivity contribution is -0.167. The maximum absolute atomic E-state index is 12.6. The van der Waals surface area contributed by atoms with Crippen LogP contribution in [0, 0.1) is 0 Å². The van der Waals surface area contributed by atoms with E-state index in [1.165, 1.54) is 141 Å². The van der Waals surface area contributed by atoms with Crippen LogP contribution in [0.5, 0.6) is 0 Å². The van der Waals surface area contributed by atoms with E-state index >= 15 is 0 Å². The molecule has 0 aromatic rings.